The van der Waals surface area contributed by atoms with Gasteiger partial charge in [0.05, 0.1) is 0 Å². The Morgan fingerprint density at radius 2 is 1.00 bits per heavy atom. The Bertz CT molecular complexity index is 7.61. The smallest absolute Gasteiger partial charge is 0.152 e. The molecule has 0 aromatic heterocycles. The Hall–Kier alpha value is 2.92. The summed E-state index contributed by atoms with van der Waals surface area (Å²) in [7, 11) is 0. The maximum absolute atomic E-state index is 7.04. The molecule has 0 saturated carbocycles. The summed E-state index contributed by atoms with van der Waals surface area (Å²) in [6.45, 7) is 0. The van der Waals surface area contributed by atoms with E-state index in [1.165, 1.54) is 0 Å². The average Bonchev–Trinajstić information content (AvgIpc) is 0.918. The van der Waals surface area contributed by atoms with Gasteiger partial charge in [0.2, 0.25) is 0 Å². The minimum atomic E-state index is -0.250. The van der Waals surface area contributed by atoms with Gasteiger partial charge in [-0.1, -0.05) is 0 Å². The van der Waals surface area contributed by atoms with Gasteiger partial charge in [-0.15, -0.1) is 0 Å². The van der Waals surface area contributed by atoms with Gasteiger partial charge in [-0.25, -0.2) is 0 Å². The molecule has 0 aromatic rings. The molecule has 0 amide bonds. The Labute approximate surface area is 98.9 Å². The van der Waals surface area contributed by atoms with Crippen molar-refractivity contribution >= 4 is 12.3 Å². The van der Waals surface area contributed by atoms with E-state index in [4.69, 9.17) is 9.11 Å². The zero-order valence-electron chi connectivity index (χ0n) is 2.01. The van der Waals surface area contributed by atoms with Crippen LogP contribution in [0.1, 0.15) is 0 Å². The van der Waals surface area contributed by atoms with Crippen molar-refractivity contribution in [2.75, 3.05) is 0 Å². The minimum Gasteiger partial charge on any atom is -0.307 e. The third-order valence-corrected chi connectivity index (χ3v) is 0. The molecule has 0 aromatic carbocycles. The summed E-state index contributed by atoms with van der Waals surface area (Å²) in [5.41, 5.74) is 0. The van der Waals surface area contributed by atoms with Crippen molar-refractivity contribution in [3.8, 4) is 0 Å². The second-order valence-corrected chi connectivity index (χ2v) is 0.245. The molecule has 0 rings (SSSR count). The Balaban J connectivity index is -0.0000000200. The van der Waals surface area contributed by atoms with Crippen LogP contribution in [-0.2, 0) is 0 Å². The maximum atomic E-state index is 7.04. The summed E-state index contributed by atoms with van der Waals surface area (Å²) in [4.78, 5) is 0. The largest absolute Gasteiger partial charge is 0.307 e. The maximum Gasteiger partial charge on any atom is 0.152 e. The molecule has 2 nitrogen and oxygen atoms in total. The summed E-state index contributed by atoms with van der Waals surface area (Å²) in [5.74, 6) is 0. The van der Waals surface area contributed by atoms with Crippen LogP contribution in [0, 0.1) is 79.9 Å². The Morgan fingerprint density at radius 1 is 1.00 bits per heavy atom. The van der Waals surface area contributed by atoms with Crippen LogP contribution in [-0.4, -0.2) is 9.11 Å². The van der Waals surface area contributed by atoms with E-state index in [9.17, 15) is 0 Å². The first-order valence-corrected chi connectivity index (χ1v) is 1.10. The molecule has 5 heavy (non-hydrogen) atoms. The van der Waals surface area contributed by atoms with Crippen LogP contribution in [0.2, 0.25) is 0 Å². The van der Waals surface area contributed by atoms with E-state index >= 15 is 0 Å². The Kier molecular flexibility index (Phi) is 49.5. The molecular formula is H2Gd2O2S. The second kappa shape index (κ2) is 15.8. The first-order valence-electron chi connectivity index (χ1n) is 0.365. The van der Waals surface area contributed by atoms with Crippen molar-refractivity contribution in [2.45, 2.75) is 0 Å². The van der Waals surface area contributed by atoms with Crippen LogP contribution < -0.4 is 0 Å². The fourth-order valence-corrected chi connectivity index (χ4v) is 0. The molecule has 0 aliphatic carbocycles. The molecule has 0 aliphatic heterocycles. The van der Waals surface area contributed by atoms with E-state index in [0.29, 0.717) is 0 Å². The van der Waals surface area contributed by atoms with Crippen LogP contribution in [0.25, 0.3) is 0 Å². The fourth-order valence-electron chi connectivity index (χ4n) is 0. The zero-order valence-corrected chi connectivity index (χ0v) is 7.36. The van der Waals surface area contributed by atoms with Crippen molar-refractivity contribution in [1.82, 2.24) is 0 Å². The van der Waals surface area contributed by atoms with Gasteiger partial charge in [0.1, 0.15) is 0 Å². The number of hydrogen-bond donors (Lipinski definition) is 2. The monoisotopic (exact) mass is 382 g/mol. The first kappa shape index (κ1) is 15.7. The number of hydrogen-bond acceptors (Lipinski definition) is 3. The summed E-state index contributed by atoms with van der Waals surface area (Å²) in [5, 5.41) is 0. The van der Waals surface area contributed by atoms with Crippen LogP contribution in [0.3, 0.4) is 0 Å². The van der Waals surface area contributed by atoms with E-state index < -0.39 is 0 Å². The van der Waals surface area contributed by atoms with Gasteiger partial charge in [0.15, 0.2) is 12.3 Å². The van der Waals surface area contributed by atoms with Crippen molar-refractivity contribution in [3.63, 3.8) is 0 Å². The van der Waals surface area contributed by atoms with Gasteiger partial charge < -0.3 is 9.11 Å². The quantitative estimate of drug-likeness (QED) is 0.607. The van der Waals surface area contributed by atoms with E-state index in [1.54, 1.807) is 0 Å². The summed E-state index contributed by atoms with van der Waals surface area (Å²) >= 11 is -0.250. The molecule has 0 bridgehead atoms. The molecule has 0 heterocycles. The molecule has 0 spiro atoms. The SMILES string of the molecule is OSO.[Gd].[Gd]. The van der Waals surface area contributed by atoms with Crippen LogP contribution >= 0.6 is 12.3 Å². The van der Waals surface area contributed by atoms with Gasteiger partial charge in [-0.3, -0.25) is 0 Å². The normalized spacial score (nSPS) is 3.60. The number of rotatable bonds is 0. The van der Waals surface area contributed by atoms with E-state index in [2.05, 4.69) is 0 Å². The van der Waals surface area contributed by atoms with E-state index in [0.717, 1.165) is 0 Å². The van der Waals surface area contributed by atoms with E-state index in [1.807, 2.05) is 0 Å². The van der Waals surface area contributed by atoms with Crippen LogP contribution in [0.5, 0.6) is 0 Å². The van der Waals surface area contributed by atoms with Gasteiger partial charge in [0.25, 0.3) is 0 Å². The van der Waals surface area contributed by atoms with Crippen molar-refractivity contribution in [3.05, 3.63) is 0 Å². The molecule has 0 atom stereocenters. The predicted molar refractivity (Wildman–Crippen MR) is 12.8 cm³/mol. The standard InChI is InChI=1S/2Gd.H2O2S/c;;1-3-2/h;;1-2H. The molecule has 5 heteroatoms. The van der Waals surface area contributed by atoms with Crippen molar-refractivity contribution in [1.29, 1.82) is 0 Å². The summed E-state index contributed by atoms with van der Waals surface area (Å²) < 4.78 is 14.1. The first-order chi connectivity index (χ1) is 1.41. The molecule has 0 aliphatic rings. The molecule has 2 N–H and O–H groups in total. The Morgan fingerprint density at radius 3 is 1.00 bits per heavy atom. The van der Waals surface area contributed by atoms with Crippen LogP contribution in [0.4, 0.5) is 0 Å². The van der Waals surface area contributed by atoms with Gasteiger partial charge >= 0.3 is 0 Å². The van der Waals surface area contributed by atoms with Gasteiger partial charge in [-0.05, 0) is 0 Å². The fraction of sp³-hybridized carbons (Fsp3) is 0. The van der Waals surface area contributed by atoms with E-state index in [-0.39, 0.29) is 92.2 Å². The minimum absolute atomic E-state index is 0. The third kappa shape index (κ3) is 19.6. The van der Waals surface area contributed by atoms with Gasteiger partial charge in [0, 0.05) is 79.9 Å². The summed E-state index contributed by atoms with van der Waals surface area (Å²) in [6, 6.07) is 0. The molecular weight excluding hydrogens is 379 g/mol. The van der Waals surface area contributed by atoms with Crippen molar-refractivity contribution in [2.24, 2.45) is 0 Å². The van der Waals surface area contributed by atoms with Crippen molar-refractivity contribution < 1.29 is 89.0 Å². The molecule has 0 saturated heterocycles. The topological polar surface area (TPSA) is 40.5 Å². The molecule has 0 fully saturated rings. The molecule has 0 unspecified atom stereocenters. The van der Waals surface area contributed by atoms with Gasteiger partial charge in [-0.2, -0.15) is 0 Å². The van der Waals surface area contributed by atoms with Crippen LogP contribution in [0.15, 0.2) is 0 Å². The summed E-state index contributed by atoms with van der Waals surface area (Å²) in [6.07, 6.45) is 0. The predicted octanol–water partition coefficient (Wildman–Crippen LogP) is 0.666. The third-order valence-electron chi connectivity index (χ3n) is 0. The average molecular weight is 381 g/mol. The molecule has 0 radical (unpaired) electrons. The second-order valence-electron chi connectivity index (χ2n) is 0.0816. The zero-order chi connectivity index (χ0) is 2.71. The molecule has 36 valence electrons.